The van der Waals surface area contributed by atoms with E-state index >= 15 is 0 Å². The Morgan fingerprint density at radius 1 is 1.37 bits per heavy atom. The van der Waals surface area contributed by atoms with Crippen molar-refractivity contribution < 1.29 is 9.53 Å². The third-order valence-electron chi connectivity index (χ3n) is 4.58. The molecule has 4 fully saturated rings. The molecule has 0 aromatic carbocycles. The highest BCUT2D eigenvalue weighted by Gasteiger charge is 2.55. The monoisotopic (exact) mass is 342 g/mol. The van der Waals surface area contributed by atoms with E-state index in [1.807, 2.05) is 11.4 Å². The second-order valence-electron chi connectivity index (χ2n) is 5.67. The lowest BCUT2D eigenvalue weighted by molar-refractivity contribution is -0.0881. The van der Waals surface area contributed by atoms with E-state index in [9.17, 15) is 4.79 Å². The molecule has 4 aliphatic rings. The predicted octanol–water partition coefficient (Wildman–Crippen LogP) is 2.93. The summed E-state index contributed by atoms with van der Waals surface area (Å²) in [4.78, 5) is 16.4. The minimum Gasteiger partial charge on any atom is -0.439 e. The van der Waals surface area contributed by atoms with Gasteiger partial charge < -0.3 is 4.74 Å². The summed E-state index contributed by atoms with van der Waals surface area (Å²) in [5, 5.41) is 2.98. The Labute approximate surface area is 124 Å². The molecule has 19 heavy (non-hydrogen) atoms. The largest absolute Gasteiger partial charge is 0.439 e. The highest BCUT2D eigenvalue weighted by molar-refractivity contribution is 9.10. The van der Waals surface area contributed by atoms with Crippen LogP contribution in [0.5, 0.6) is 0 Å². The Balaban J connectivity index is 1.63. The Kier molecular flexibility index (Phi) is 2.69. The number of piperidine rings is 3. The van der Waals surface area contributed by atoms with Crippen molar-refractivity contribution in [3.05, 3.63) is 15.9 Å². The topological polar surface area (TPSA) is 32.8 Å². The maximum absolute atomic E-state index is 12.2. The fourth-order valence-electron chi connectivity index (χ4n) is 3.63. The summed E-state index contributed by atoms with van der Waals surface area (Å²) in [5.74, 6) is 0.537. The van der Waals surface area contributed by atoms with E-state index in [4.69, 9.17) is 4.74 Å². The number of anilines is 1. The van der Waals surface area contributed by atoms with Gasteiger partial charge in [0.05, 0.1) is 6.54 Å². The van der Waals surface area contributed by atoms with E-state index in [0.29, 0.717) is 12.5 Å². The molecule has 5 heterocycles. The zero-order valence-electron chi connectivity index (χ0n) is 10.5. The molecule has 0 N–H and O–H groups in total. The molecule has 102 valence electrons. The van der Waals surface area contributed by atoms with Gasteiger partial charge in [0.2, 0.25) is 0 Å². The molecule has 4 aliphatic heterocycles. The molecule has 1 aromatic heterocycles. The highest BCUT2D eigenvalue weighted by Crippen LogP contribution is 2.44. The fraction of sp³-hybridized carbons (Fsp3) is 0.615. The first-order valence-corrected chi connectivity index (χ1v) is 8.30. The molecule has 0 aliphatic carbocycles. The van der Waals surface area contributed by atoms with Crippen molar-refractivity contribution in [3.8, 4) is 0 Å². The van der Waals surface area contributed by atoms with Crippen molar-refractivity contribution in [3.63, 3.8) is 0 Å². The maximum atomic E-state index is 12.2. The molecule has 4 nitrogen and oxygen atoms in total. The maximum Gasteiger partial charge on any atom is 0.415 e. The van der Waals surface area contributed by atoms with E-state index in [2.05, 4.69) is 20.8 Å². The normalized spacial score (nSPS) is 37.1. The van der Waals surface area contributed by atoms with Crippen LogP contribution in [-0.4, -0.2) is 42.8 Å². The number of nitrogens with zero attached hydrogens (tertiary/aromatic N) is 2. The van der Waals surface area contributed by atoms with Crippen molar-refractivity contribution in [2.45, 2.75) is 18.4 Å². The molecule has 0 radical (unpaired) electrons. The second kappa shape index (κ2) is 4.20. The van der Waals surface area contributed by atoms with Crippen LogP contribution in [0.4, 0.5) is 9.80 Å². The van der Waals surface area contributed by atoms with Crippen molar-refractivity contribution in [1.82, 2.24) is 4.90 Å². The Bertz CT molecular complexity index is 526. The highest BCUT2D eigenvalue weighted by atomic mass is 79.9. The molecule has 0 unspecified atom stereocenters. The molecule has 2 bridgehead atoms. The summed E-state index contributed by atoms with van der Waals surface area (Å²) >= 11 is 5.03. The molecule has 1 aromatic rings. The van der Waals surface area contributed by atoms with E-state index in [0.717, 1.165) is 41.9 Å². The SMILES string of the molecule is O=C1O[C@]2(CN3CCC2CC3)CN1c1cc(Br)cs1. The molecule has 1 atom stereocenters. The van der Waals surface area contributed by atoms with Gasteiger partial charge in [0.1, 0.15) is 10.6 Å². The lowest BCUT2D eigenvalue weighted by atomic mass is 9.75. The van der Waals surface area contributed by atoms with Crippen LogP contribution in [0, 0.1) is 5.92 Å². The second-order valence-corrected chi connectivity index (χ2v) is 7.48. The standard InChI is InChI=1S/C13H15BrN2O2S/c14-10-5-11(19-6-10)16-8-13(18-12(16)17)7-15-3-1-9(13)2-4-15/h5-6,9H,1-4,7-8H2/t13-/m1/s1. The van der Waals surface area contributed by atoms with Crippen LogP contribution in [0.1, 0.15) is 12.8 Å². The average Bonchev–Trinajstić information content (AvgIpc) is 2.95. The predicted molar refractivity (Wildman–Crippen MR) is 77.7 cm³/mol. The first-order chi connectivity index (χ1) is 9.16. The van der Waals surface area contributed by atoms with Gasteiger partial charge in [0.25, 0.3) is 0 Å². The zero-order valence-corrected chi connectivity index (χ0v) is 12.9. The molecule has 1 spiro atoms. The molecule has 6 heteroatoms. The van der Waals surface area contributed by atoms with Gasteiger partial charge in [0, 0.05) is 22.3 Å². The summed E-state index contributed by atoms with van der Waals surface area (Å²) in [6.07, 6.45) is 2.15. The van der Waals surface area contributed by atoms with Gasteiger partial charge >= 0.3 is 6.09 Å². The molecule has 4 saturated heterocycles. The van der Waals surface area contributed by atoms with Crippen molar-refractivity contribution in [1.29, 1.82) is 0 Å². The van der Waals surface area contributed by atoms with E-state index in [1.165, 1.54) is 0 Å². The number of halogens is 1. The fourth-order valence-corrected chi connectivity index (χ4v) is 5.04. The van der Waals surface area contributed by atoms with Crippen molar-refractivity contribution in [2.75, 3.05) is 31.1 Å². The molecular formula is C13H15BrN2O2S. The first kappa shape index (κ1) is 12.2. The number of carbonyl (C=O) groups excluding carboxylic acids is 1. The summed E-state index contributed by atoms with van der Waals surface area (Å²) < 4.78 is 6.86. The zero-order chi connectivity index (χ0) is 13.0. The number of rotatable bonds is 1. The Hall–Kier alpha value is -0.590. The molecule has 5 rings (SSSR count). The number of hydrogen-bond acceptors (Lipinski definition) is 4. The van der Waals surface area contributed by atoms with Crippen LogP contribution >= 0.6 is 27.3 Å². The van der Waals surface area contributed by atoms with E-state index in [1.54, 1.807) is 16.2 Å². The van der Waals surface area contributed by atoms with Gasteiger partial charge in [-0.25, -0.2) is 4.79 Å². The summed E-state index contributed by atoms with van der Waals surface area (Å²) in [6, 6.07) is 1.99. The van der Waals surface area contributed by atoms with Crippen LogP contribution in [0.25, 0.3) is 0 Å². The van der Waals surface area contributed by atoms with Crippen molar-refractivity contribution >= 4 is 38.4 Å². The van der Waals surface area contributed by atoms with Crippen LogP contribution in [0.2, 0.25) is 0 Å². The third kappa shape index (κ3) is 1.84. The van der Waals surface area contributed by atoms with Crippen molar-refractivity contribution in [2.24, 2.45) is 5.92 Å². The minimum absolute atomic E-state index is 0.178. The van der Waals surface area contributed by atoms with Crippen LogP contribution in [-0.2, 0) is 4.74 Å². The van der Waals surface area contributed by atoms with Gasteiger partial charge in [-0.2, -0.15) is 0 Å². The lowest BCUT2D eigenvalue weighted by Gasteiger charge is -2.49. The molecule has 0 saturated carbocycles. The quantitative estimate of drug-likeness (QED) is 0.786. The number of fused-ring (bicyclic) bond motifs is 2. The molecule has 1 amide bonds. The summed E-state index contributed by atoms with van der Waals surface area (Å²) in [5.41, 5.74) is -0.260. The van der Waals surface area contributed by atoms with Crippen LogP contribution in [0.3, 0.4) is 0 Å². The first-order valence-electron chi connectivity index (χ1n) is 6.63. The lowest BCUT2D eigenvalue weighted by Crippen LogP contribution is -2.61. The Morgan fingerprint density at radius 3 is 2.74 bits per heavy atom. The number of carbonyl (C=O) groups is 1. The van der Waals surface area contributed by atoms with Gasteiger partial charge in [-0.15, -0.1) is 11.3 Å². The number of hydrogen-bond donors (Lipinski definition) is 0. The summed E-state index contributed by atoms with van der Waals surface area (Å²) in [7, 11) is 0. The number of thiophene rings is 1. The van der Waals surface area contributed by atoms with Gasteiger partial charge in [-0.3, -0.25) is 9.80 Å². The minimum atomic E-state index is -0.260. The smallest absolute Gasteiger partial charge is 0.415 e. The van der Waals surface area contributed by atoms with Crippen LogP contribution in [0.15, 0.2) is 15.9 Å². The van der Waals surface area contributed by atoms with Gasteiger partial charge in [-0.1, -0.05) is 0 Å². The third-order valence-corrected chi connectivity index (χ3v) is 6.29. The van der Waals surface area contributed by atoms with E-state index in [-0.39, 0.29) is 11.7 Å². The number of amides is 1. The Morgan fingerprint density at radius 2 is 2.16 bits per heavy atom. The number of ether oxygens (including phenoxy) is 1. The summed E-state index contributed by atoms with van der Waals surface area (Å²) in [6.45, 7) is 3.94. The molecular weight excluding hydrogens is 328 g/mol. The van der Waals surface area contributed by atoms with E-state index < -0.39 is 0 Å². The average molecular weight is 343 g/mol. The van der Waals surface area contributed by atoms with Crippen LogP contribution < -0.4 is 4.90 Å². The van der Waals surface area contributed by atoms with Gasteiger partial charge in [0.15, 0.2) is 0 Å². The van der Waals surface area contributed by atoms with Gasteiger partial charge in [-0.05, 0) is 47.9 Å².